The first-order chi connectivity index (χ1) is 9.93. The Morgan fingerprint density at radius 1 is 1.33 bits per heavy atom. The predicted molar refractivity (Wildman–Crippen MR) is 75.2 cm³/mol. The maximum atomic E-state index is 11.7. The van der Waals surface area contributed by atoms with Crippen molar-refractivity contribution in [3.63, 3.8) is 0 Å². The summed E-state index contributed by atoms with van der Waals surface area (Å²) in [4.78, 5) is 29.7. The number of carbonyl (C=O) groups excluding carboxylic acids is 2. The molecule has 0 spiro atoms. The highest BCUT2D eigenvalue weighted by molar-refractivity contribution is 6.32. The topological polar surface area (TPSA) is 90.5 Å². The van der Waals surface area contributed by atoms with Crippen molar-refractivity contribution in [1.82, 2.24) is 9.97 Å². The summed E-state index contributed by atoms with van der Waals surface area (Å²) >= 11 is 5.88. The van der Waals surface area contributed by atoms with Crippen LogP contribution in [0.15, 0.2) is 0 Å². The van der Waals surface area contributed by atoms with Gasteiger partial charge in [-0.15, -0.1) is 0 Å². The number of nitrogens with zero attached hydrogens (tertiary/aromatic N) is 1. The second kappa shape index (κ2) is 8.51. The van der Waals surface area contributed by atoms with E-state index in [1.807, 2.05) is 6.92 Å². The van der Waals surface area contributed by atoms with E-state index in [0.29, 0.717) is 12.2 Å². The number of carbonyl (C=O) groups is 2. The Labute approximate surface area is 127 Å². The van der Waals surface area contributed by atoms with Crippen molar-refractivity contribution in [2.75, 3.05) is 6.79 Å². The van der Waals surface area contributed by atoms with Crippen LogP contribution in [-0.2, 0) is 20.6 Å². The van der Waals surface area contributed by atoms with Crippen LogP contribution in [0.5, 0.6) is 0 Å². The molecule has 8 heteroatoms. The first kappa shape index (κ1) is 17.3. The molecule has 118 valence electrons. The van der Waals surface area contributed by atoms with Crippen LogP contribution < -0.4 is 0 Å². The van der Waals surface area contributed by atoms with Crippen molar-refractivity contribution in [3.8, 4) is 0 Å². The van der Waals surface area contributed by atoms with Gasteiger partial charge in [0, 0.05) is 6.42 Å². The molecule has 7 nitrogen and oxygen atoms in total. The Hall–Kier alpha value is -1.76. The van der Waals surface area contributed by atoms with Crippen molar-refractivity contribution in [2.24, 2.45) is 0 Å². The van der Waals surface area contributed by atoms with Gasteiger partial charge in [0.05, 0.1) is 6.10 Å². The second-order valence-electron chi connectivity index (χ2n) is 4.56. The lowest BCUT2D eigenvalue weighted by molar-refractivity contribution is -0.0347. The summed E-state index contributed by atoms with van der Waals surface area (Å²) < 4.78 is 14.0. The van der Waals surface area contributed by atoms with Crippen molar-refractivity contribution in [3.05, 3.63) is 16.7 Å². The van der Waals surface area contributed by atoms with Crippen LogP contribution in [-0.4, -0.2) is 35.0 Å². The molecule has 1 rings (SSSR count). The number of imidazole rings is 1. The minimum absolute atomic E-state index is 0.0244. The molecule has 0 aliphatic rings. The fourth-order valence-electron chi connectivity index (χ4n) is 1.42. The van der Waals surface area contributed by atoms with Gasteiger partial charge in [0.1, 0.15) is 11.0 Å². The molecule has 0 aromatic carbocycles. The number of esters is 1. The fourth-order valence-corrected chi connectivity index (χ4v) is 1.65. The number of hydrogen-bond acceptors (Lipinski definition) is 6. The molecule has 0 atom stereocenters. The van der Waals surface area contributed by atoms with Crippen LogP contribution in [0.25, 0.3) is 0 Å². The van der Waals surface area contributed by atoms with Gasteiger partial charge in [0.15, 0.2) is 5.69 Å². The third-order valence-electron chi connectivity index (χ3n) is 2.37. The molecule has 1 N–H and O–H groups in total. The highest BCUT2D eigenvalue weighted by Gasteiger charge is 2.18. The summed E-state index contributed by atoms with van der Waals surface area (Å²) in [5.41, 5.74) is -0.0244. The lowest BCUT2D eigenvalue weighted by Crippen LogP contribution is -2.17. The van der Waals surface area contributed by atoms with Gasteiger partial charge < -0.3 is 19.2 Å². The van der Waals surface area contributed by atoms with Crippen molar-refractivity contribution < 1.29 is 23.8 Å². The van der Waals surface area contributed by atoms with Crippen molar-refractivity contribution in [2.45, 2.75) is 46.1 Å². The summed E-state index contributed by atoms with van der Waals surface area (Å²) in [7, 11) is 0. The van der Waals surface area contributed by atoms with Crippen LogP contribution >= 0.6 is 11.6 Å². The molecule has 1 aromatic rings. The van der Waals surface area contributed by atoms with E-state index in [0.717, 1.165) is 12.8 Å². The average molecular weight is 319 g/mol. The number of H-pyrrole nitrogens is 1. The van der Waals surface area contributed by atoms with E-state index in [1.165, 1.54) is 0 Å². The molecule has 0 radical (unpaired) electrons. The van der Waals surface area contributed by atoms with Crippen LogP contribution in [0.3, 0.4) is 0 Å². The molecule has 0 aliphatic carbocycles. The molecule has 0 unspecified atom stereocenters. The second-order valence-corrected chi connectivity index (χ2v) is 4.94. The zero-order valence-electron chi connectivity index (χ0n) is 12.3. The number of ether oxygens (including phenoxy) is 3. The number of unbranched alkanes of at least 4 members (excludes halogenated alkanes) is 1. The van der Waals surface area contributed by atoms with Crippen LogP contribution in [0, 0.1) is 0 Å². The Balaban J connectivity index is 2.45. The number of aromatic amines is 1. The lowest BCUT2D eigenvalue weighted by atomic mass is 10.2. The van der Waals surface area contributed by atoms with E-state index in [2.05, 4.69) is 14.7 Å². The quantitative estimate of drug-likeness (QED) is 0.613. The monoisotopic (exact) mass is 318 g/mol. The number of rotatable bonds is 7. The van der Waals surface area contributed by atoms with Gasteiger partial charge in [-0.3, -0.25) is 0 Å². The van der Waals surface area contributed by atoms with Crippen molar-refractivity contribution in [1.29, 1.82) is 0 Å². The number of halogens is 1. The SMILES string of the molecule is CCCCc1nc(C(=O)OCOC(=O)OC(C)C)c(Cl)[nH]1. The number of aromatic nitrogens is 2. The standard InChI is InChI=1S/C13H19ClN2O5/c1-4-5-6-9-15-10(11(14)16-9)12(17)19-7-20-13(18)21-8(2)3/h8H,4-7H2,1-3H3,(H,15,16). The van der Waals surface area contributed by atoms with Gasteiger partial charge in [-0.2, -0.15) is 0 Å². The zero-order chi connectivity index (χ0) is 15.8. The number of nitrogens with one attached hydrogen (secondary N) is 1. The highest BCUT2D eigenvalue weighted by Crippen LogP contribution is 2.15. The van der Waals surface area contributed by atoms with Gasteiger partial charge in [0.25, 0.3) is 0 Å². The molecule has 1 aromatic heterocycles. The highest BCUT2D eigenvalue weighted by atomic mass is 35.5. The molecule has 0 amide bonds. The minimum atomic E-state index is -0.908. The summed E-state index contributed by atoms with van der Waals surface area (Å²) in [5.74, 6) is -0.148. The molecule has 0 aliphatic heterocycles. The van der Waals surface area contributed by atoms with E-state index in [1.54, 1.807) is 13.8 Å². The number of aryl methyl sites for hydroxylation is 1. The Bertz CT molecular complexity index is 487. The molecular formula is C13H19ClN2O5. The Morgan fingerprint density at radius 3 is 2.67 bits per heavy atom. The normalized spacial score (nSPS) is 10.5. The summed E-state index contributed by atoms with van der Waals surface area (Å²) in [6.45, 7) is 4.84. The Morgan fingerprint density at radius 2 is 2.05 bits per heavy atom. The molecular weight excluding hydrogens is 300 g/mol. The third-order valence-corrected chi connectivity index (χ3v) is 2.64. The molecule has 1 heterocycles. The van der Waals surface area contributed by atoms with Gasteiger partial charge >= 0.3 is 12.1 Å². The molecule has 0 saturated heterocycles. The first-order valence-corrected chi connectivity index (χ1v) is 7.06. The van der Waals surface area contributed by atoms with E-state index >= 15 is 0 Å². The first-order valence-electron chi connectivity index (χ1n) is 6.69. The molecule has 0 bridgehead atoms. The van der Waals surface area contributed by atoms with E-state index in [9.17, 15) is 9.59 Å². The van der Waals surface area contributed by atoms with E-state index in [4.69, 9.17) is 21.1 Å². The Kier molecular flexibility index (Phi) is 7.01. The van der Waals surface area contributed by atoms with Crippen LogP contribution in [0.2, 0.25) is 5.15 Å². The van der Waals surface area contributed by atoms with Gasteiger partial charge in [0.2, 0.25) is 6.79 Å². The zero-order valence-corrected chi connectivity index (χ0v) is 13.0. The minimum Gasteiger partial charge on any atom is -0.431 e. The fraction of sp³-hybridized carbons (Fsp3) is 0.615. The van der Waals surface area contributed by atoms with Crippen molar-refractivity contribution >= 4 is 23.7 Å². The molecule has 0 saturated carbocycles. The summed E-state index contributed by atoms with van der Waals surface area (Å²) in [6, 6.07) is 0. The predicted octanol–water partition coefficient (Wildman–Crippen LogP) is 3.08. The average Bonchev–Trinajstić information content (AvgIpc) is 2.76. The van der Waals surface area contributed by atoms with Gasteiger partial charge in [-0.05, 0) is 20.3 Å². The number of hydrogen-bond donors (Lipinski definition) is 1. The summed E-state index contributed by atoms with van der Waals surface area (Å²) in [5, 5.41) is 0.107. The third kappa shape index (κ3) is 6.03. The van der Waals surface area contributed by atoms with Crippen LogP contribution in [0.1, 0.15) is 49.9 Å². The van der Waals surface area contributed by atoms with E-state index in [-0.39, 0.29) is 17.0 Å². The van der Waals surface area contributed by atoms with Crippen LogP contribution in [0.4, 0.5) is 4.79 Å². The maximum absolute atomic E-state index is 11.7. The molecule has 21 heavy (non-hydrogen) atoms. The van der Waals surface area contributed by atoms with E-state index < -0.39 is 18.9 Å². The maximum Gasteiger partial charge on any atom is 0.511 e. The van der Waals surface area contributed by atoms with Gasteiger partial charge in [-0.1, -0.05) is 24.9 Å². The lowest BCUT2D eigenvalue weighted by Gasteiger charge is -2.08. The summed E-state index contributed by atoms with van der Waals surface area (Å²) in [6.07, 6.45) is 1.41. The molecule has 0 fully saturated rings. The smallest absolute Gasteiger partial charge is 0.431 e. The van der Waals surface area contributed by atoms with Gasteiger partial charge in [-0.25, -0.2) is 14.6 Å². The largest absolute Gasteiger partial charge is 0.511 e.